The number of carbonyl (C=O) groups excluding carboxylic acids is 1. The van der Waals surface area contributed by atoms with Crippen LogP contribution in [0.2, 0.25) is 0 Å². The maximum absolute atomic E-state index is 13.2. The Hall–Kier alpha value is -2.63. The van der Waals surface area contributed by atoms with Crippen molar-refractivity contribution < 1.29 is 32.2 Å². The third-order valence-corrected chi connectivity index (χ3v) is 8.09. The van der Waals surface area contributed by atoms with Gasteiger partial charge in [-0.25, -0.2) is 0 Å². The number of hydrogen-bond acceptors (Lipinski definition) is 8. The second-order valence-corrected chi connectivity index (χ2v) is 10.6. The van der Waals surface area contributed by atoms with E-state index in [1.807, 2.05) is 18.2 Å². The average Bonchev–Trinajstić information content (AvgIpc) is 2.88. The van der Waals surface area contributed by atoms with Crippen LogP contribution in [0.5, 0.6) is 17.2 Å². The molecule has 1 heterocycles. The second-order valence-electron chi connectivity index (χ2n) is 7.83. The Morgan fingerprint density at radius 1 is 1.06 bits per heavy atom. The molecule has 0 amide bonds. The molecule has 0 aliphatic carbocycles. The highest BCUT2D eigenvalue weighted by molar-refractivity contribution is 7.99. The first kappa shape index (κ1) is 27.0. The van der Waals surface area contributed by atoms with Crippen molar-refractivity contribution in [2.45, 2.75) is 25.3 Å². The molecule has 1 aliphatic heterocycles. The Bertz CT molecular complexity index is 1060. The molecule has 1 N–H and O–H groups in total. The van der Waals surface area contributed by atoms with E-state index in [9.17, 15) is 13.2 Å². The van der Waals surface area contributed by atoms with Crippen LogP contribution in [0, 0.1) is 0 Å². The Morgan fingerprint density at radius 3 is 2.37 bits per heavy atom. The number of ether oxygens (including phenoxy) is 4. The van der Waals surface area contributed by atoms with Gasteiger partial charge >= 0.3 is 16.2 Å². The molecule has 0 aromatic heterocycles. The van der Waals surface area contributed by atoms with Gasteiger partial charge in [-0.1, -0.05) is 30.3 Å². The van der Waals surface area contributed by atoms with Crippen molar-refractivity contribution in [3.63, 3.8) is 0 Å². The Labute approximate surface area is 211 Å². The van der Waals surface area contributed by atoms with Crippen LogP contribution in [0.15, 0.2) is 42.5 Å². The first-order chi connectivity index (χ1) is 16.9. The van der Waals surface area contributed by atoms with Gasteiger partial charge < -0.3 is 18.9 Å². The number of hydrogen-bond donors (Lipinski definition) is 1. The summed E-state index contributed by atoms with van der Waals surface area (Å²) in [5.74, 6) is 1.35. The van der Waals surface area contributed by atoms with Crippen molar-refractivity contribution in [2.24, 2.45) is 0 Å². The Kier molecular flexibility index (Phi) is 9.93. The lowest BCUT2D eigenvalue weighted by Gasteiger charge is -2.32. The zero-order valence-corrected chi connectivity index (χ0v) is 21.8. The first-order valence-electron chi connectivity index (χ1n) is 11.3. The molecule has 1 aliphatic rings. The van der Waals surface area contributed by atoms with E-state index in [0.717, 1.165) is 12.8 Å². The van der Waals surface area contributed by atoms with E-state index < -0.39 is 22.2 Å². The number of unbranched alkanes of at least 4 members (excludes halogenated alkanes) is 1. The predicted octanol–water partition coefficient (Wildman–Crippen LogP) is 3.35. The summed E-state index contributed by atoms with van der Waals surface area (Å²) < 4.78 is 51.5. The minimum absolute atomic E-state index is 0.193. The number of anilines is 1. The van der Waals surface area contributed by atoms with Gasteiger partial charge in [0.05, 0.1) is 33.6 Å². The maximum atomic E-state index is 13.2. The molecule has 2 aromatic rings. The summed E-state index contributed by atoms with van der Waals surface area (Å²) in [5.41, 5.74) is 1.46. The SMILES string of the molecule is COc1cc(NS(=O)(=O)N2CCSCC2C(=O)OCCCCc2ccccc2)cc(OC)c1OC. The van der Waals surface area contributed by atoms with Crippen LogP contribution in [-0.4, -0.2) is 70.7 Å². The van der Waals surface area contributed by atoms with Gasteiger partial charge in [-0.05, 0) is 24.8 Å². The second kappa shape index (κ2) is 12.9. The Balaban J connectivity index is 1.62. The van der Waals surface area contributed by atoms with Gasteiger partial charge in [-0.15, -0.1) is 0 Å². The summed E-state index contributed by atoms with van der Waals surface area (Å²) in [6, 6.07) is 12.2. The van der Waals surface area contributed by atoms with Crippen molar-refractivity contribution in [1.82, 2.24) is 4.31 Å². The van der Waals surface area contributed by atoms with E-state index in [1.165, 1.54) is 55.1 Å². The van der Waals surface area contributed by atoms with E-state index >= 15 is 0 Å². The van der Waals surface area contributed by atoms with Crippen molar-refractivity contribution in [2.75, 3.05) is 50.7 Å². The third-order valence-electron chi connectivity index (χ3n) is 5.52. The van der Waals surface area contributed by atoms with Gasteiger partial charge in [0, 0.05) is 30.2 Å². The molecule has 0 saturated carbocycles. The van der Waals surface area contributed by atoms with Crippen molar-refractivity contribution >= 4 is 33.6 Å². The van der Waals surface area contributed by atoms with Gasteiger partial charge in [-0.3, -0.25) is 9.52 Å². The lowest BCUT2D eigenvalue weighted by atomic mass is 10.1. The van der Waals surface area contributed by atoms with E-state index in [2.05, 4.69) is 16.9 Å². The molecule has 1 atom stereocenters. The van der Waals surface area contributed by atoms with E-state index in [0.29, 0.717) is 35.2 Å². The molecule has 2 aromatic carbocycles. The predicted molar refractivity (Wildman–Crippen MR) is 137 cm³/mol. The quantitative estimate of drug-likeness (QED) is 0.333. The molecule has 192 valence electrons. The molecule has 0 spiro atoms. The number of aryl methyl sites for hydroxylation is 1. The normalized spacial score (nSPS) is 16.4. The molecule has 1 saturated heterocycles. The van der Waals surface area contributed by atoms with Gasteiger partial charge in [0.25, 0.3) is 0 Å². The fourth-order valence-corrected chi connectivity index (χ4v) is 6.36. The zero-order chi connectivity index (χ0) is 25.3. The summed E-state index contributed by atoms with van der Waals surface area (Å²) in [4.78, 5) is 12.8. The summed E-state index contributed by atoms with van der Waals surface area (Å²) in [6.45, 7) is 0.444. The van der Waals surface area contributed by atoms with Crippen molar-refractivity contribution in [1.29, 1.82) is 0 Å². The fraction of sp³-hybridized carbons (Fsp3) is 0.458. The lowest BCUT2D eigenvalue weighted by Crippen LogP contribution is -2.52. The van der Waals surface area contributed by atoms with Gasteiger partial charge in [0.1, 0.15) is 6.04 Å². The number of nitrogens with one attached hydrogen (secondary N) is 1. The third kappa shape index (κ3) is 7.18. The largest absolute Gasteiger partial charge is 0.493 e. The molecule has 1 fully saturated rings. The van der Waals surface area contributed by atoms with Crippen LogP contribution in [0.1, 0.15) is 18.4 Å². The van der Waals surface area contributed by atoms with Crippen molar-refractivity contribution in [3.05, 3.63) is 48.0 Å². The number of esters is 1. The van der Waals surface area contributed by atoms with Gasteiger partial charge in [0.15, 0.2) is 11.5 Å². The van der Waals surface area contributed by atoms with Crippen molar-refractivity contribution in [3.8, 4) is 17.2 Å². The number of thioether (sulfide) groups is 1. The number of nitrogens with zero attached hydrogens (tertiary/aromatic N) is 1. The van der Waals surface area contributed by atoms with Crippen LogP contribution < -0.4 is 18.9 Å². The fourth-order valence-electron chi connectivity index (χ4n) is 3.75. The maximum Gasteiger partial charge on any atom is 0.325 e. The number of carbonyl (C=O) groups is 1. The van der Waals surface area contributed by atoms with Crippen LogP contribution in [-0.2, 0) is 26.2 Å². The zero-order valence-electron chi connectivity index (χ0n) is 20.2. The average molecular weight is 525 g/mol. The standard InChI is InChI=1S/C24H32N2O7S2/c1-30-21-15-19(16-22(31-2)23(21)32-3)25-35(28,29)26-12-14-34-17-20(26)24(27)33-13-8-7-11-18-9-5-4-6-10-18/h4-6,9-10,15-16,20,25H,7-8,11-14,17H2,1-3H3. The van der Waals surface area contributed by atoms with Crippen LogP contribution in [0.25, 0.3) is 0 Å². The lowest BCUT2D eigenvalue weighted by molar-refractivity contribution is -0.147. The monoisotopic (exact) mass is 524 g/mol. The van der Waals surface area contributed by atoms with Crippen LogP contribution in [0.4, 0.5) is 5.69 Å². The highest BCUT2D eigenvalue weighted by Gasteiger charge is 2.38. The number of benzene rings is 2. The first-order valence-corrected chi connectivity index (χ1v) is 13.9. The van der Waals surface area contributed by atoms with E-state index in [4.69, 9.17) is 18.9 Å². The van der Waals surface area contributed by atoms with Gasteiger partial charge in [0.2, 0.25) is 5.75 Å². The molecule has 0 radical (unpaired) electrons. The minimum atomic E-state index is -4.05. The van der Waals surface area contributed by atoms with Gasteiger partial charge in [-0.2, -0.15) is 24.5 Å². The van der Waals surface area contributed by atoms with E-state index in [-0.39, 0.29) is 18.8 Å². The molecule has 0 bridgehead atoms. The summed E-state index contributed by atoms with van der Waals surface area (Å²) in [6.07, 6.45) is 2.48. The molecular formula is C24H32N2O7S2. The molecule has 9 nitrogen and oxygen atoms in total. The minimum Gasteiger partial charge on any atom is -0.493 e. The summed E-state index contributed by atoms with van der Waals surface area (Å²) in [7, 11) is 0.307. The highest BCUT2D eigenvalue weighted by atomic mass is 32.2. The Morgan fingerprint density at radius 2 is 1.74 bits per heavy atom. The van der Waals surface area contributed by atoms with E-state index in [1.54, 1.807) is 0 Å². The molecule has 35 heavy (non-hydrogen) atoms. The summed E-state index contributed by atoms with van der Waals surface area (Å²) in [5, 5.41) is 0. The highest BCUT2D eigenvalue weighted by Crippen LogP contribution is 2.40. The molecule has 11 heteroatoms. The number of methoxy groups -OCH3 is 3. The smallest absolute Gasteiger partial charge is 0.325 e. The van der Waals surface area contributed by atoms with Crippen LogP contribution in [0.3, 0.4) is 0 Å². The number of rotatable bonds is 12. The topological polar surface area (TPSA) is 103 Å². The summed E-state index contributed by atoms with van der Waals surface area (Å²) >= 11 is 1.52. The van der Waals surface area contributed by atoms with Crippen LogP contribution >= 0.6 is 11.8 Å². The molecule has 1 unspecified atom stereocenters. The molecular weight excluding hydrogens is 492 g/mol. The molecule has 3 rings (SSSR count).